The van der Waals surface area contributed by atoms with Gasteiger partial charge in [0, 0.05) is 0 Å². The van der Waals surface area contributed by atoms with Crippen molar-refractivity contribution in [3.63, 3.8) is 0 Å². The normalized spacial score (nSPS) is 55.4. The molecule has 0 aromatic heterocycles. The SMILES string of the molecule is [C-]#[N+]/C=C1/CCC2[C@@H]3CC[C@@H]4C[C@H](O)CC[C@]4(C)[C@H]3[C@@H](O)C[C@]12C. The van der Waals surface area contributed by atoms with Gasteiger partial charge in [-0.05, 0) is 85.9 Å². The van der Waals surface area contributed by atoms with Gasteiger partial charge in [-0.1, -0.05) is 19.4 Å². The number of hydrogen-bond acceptors (Lipinski definition) is 2. The summed E-state index contributed by atoms with van der Waals surface area (Å²) in [4.78, 5) is 3.55. The number of allylic oxidation sites excluding steroid dienone is 1. The highest BCUT2D eigenvalue weighted by Gasteiger charge is 2.61. The van der Waals surface area contributed by atoms with E-state index in [4.69, 9.17) is 6.57 Å². The largest absolute Gasteiger partial charge is 0.393 e. The van der Waals surface area contributed by atoms with Crippen LogP contribution in [-0.4, -0.2) is 22.4 Å². The minimum absolute atomic E-state index is 0.0303. The van der Waals surface area contributed by atoms with E-state index in [0.717, 1.165) is 32.1 Å². The van der Waals surface area contributed by atoms with E-state index in [1.54, 1.807) is 6.20 Å². The van der Waals surface area contributed by atoms with Gasteiger partial charge in [0.05, 0.1) is 18.8 Å². The summed E-state index contributed by atoms with van der Waals surface area (Å²) in [6.45, 7) is 11.9. The lowest BCUT2D eigenvalue weighted by atomic mass is 9.44. The zero-order valence-electron chi connectivity index (χ0n) is 15.0. The quantitative estimate of drug-likeness (QED) is 0.655. The molecule has 0 bridgehead atoms. The van der Waals surface area contributed by atoms with Crippen LogP contribution in [0.2, 0.25) is 0 Å². The molecule has 2 N–H and O–H groups in total. The summed E-state index contributed by atoms with van der Waals surface area (Å²) >= 11 is 0. The highest BCUT2D eigenvalue weighted by Crippen LogP contribution is 2.67. The third kappa shape index (κ3) is 2.15. The standard InChI is InChI=1S/C21H31NO2/c1-20-9-8-15(23)10-13(20)4-6-16-17-7-5-14(12-22-3)21(17,2)11-18(24)19(16)20/h12-13,15-19,23-24H,4-11H2,1-2H3/b14-12-/t13-,15-,16+,17?,18+,19-,20+,21-/m1/s1. The van der Waals surface area contributed by atoms with E-state index >= 15 is 0 Å². The first-order valence-electron chi connectivity index (χ1n) is 9.82. The van der Waals surface area contributed by atoms with Crippen molar-refractivity contribution in [2.24, 2.45) is 34.5 Å². The first-order valence-corrected chi connectivity index (χ1v) is 9.82. The molecule has 0 heterocycles. The molecule has 4 aliphatic rings. The second-order valence-electron chi connectivity index (χ2n) is 9.52. The van der Waals surface area contributed by atoms with Crippen LogP contribution < -0.4 is 0 Å². The molecule has 4 aliphatic carbocycles. The van der Waals surface area contributed by atoms with Gasteiger partial charge in [-0.25, -0.2) is 4.85 Å². The maximum atomic E-state index is 11.2. The van der Waals surface area contributed by atoms with E-state index in [9.17, 15) is 10.2 Å². The third-order valence-electron chi connectivity index (χ3n) is 8.64. The lowest BCUT2D eigenvalue weighted by molar-refractivity contribution is -0.167. The number of nitrogens with zero attached hydrogens (tertiary/aromatic N) is 1. The molecule has 3 heteroatoms. The molecule has 4 fully saturated rings. The summed E-state index contributed by atoms with van der Waals surface area (Å²) in [7, 11) is 0. The Hall–Kier alpha value is -0.850. The van der Waals surface area contributed by atoms with Crippen LogP contribution in [0.3, 0.4) is 0 Å². The summed E-state index contributed by atoms with van der Waals surface area (Å²) < 4.78 is 0. The second kappa shape index (κ2) is 5.58. The van der Waals surface area contributed by atoms with E-state index in [1.807, 2.05) is 0 Å². The molecule has 1 unspecified atom stereocenters. The lowest BCUT2D eigenvalue weighted by Gasteiger charge is -2.62. The van der Waals surface area contributed by atoms with Crippen LogP contribution in [0.15, 0.2) is 11.8 Å². The Balaban J connectivity index is 1.69. The maximum Gasteiger partial charge on any atom is 0.154 e. The molecular weight excluding hydrogens is 298 g/mol. The Morgan fingerprint density at radius 1 is 1.17 bits per heavy atom. The van der Waals surface area contributed by atoms with Gasteiger partial charge in [0.25, 0.3) is 0 Å². The van der Waals surface area contributed by atoms with Crippen LogP contribution in [0.5, 0.6) is 0 Å². The Morgan fingerprint density at radius 3 is 2.71 bits per heavy atom. The summed E-state index contributed by atoms with van der Waals surface area (Å²) in [6.07, 6.45) is 9.69. The van der Waals surface area contributed by atoms with Gasteiger partial charge in [-0.15, -0.1) is 0 Å². The fourth-order valence-corrected chi connectivity index (χ4v) is 7.50. The van der Waals surface area contributed by atoms with Crippen molar-refractivity contribution in [1.29, 1.82) is 0 Å². The maximum absolute atomic E-state index is 11.2. The average molecular weight is 329 g/mol. The number of aliphatic hydroxyl groups excluding tert-OH is 2. The van der Waals surface area contributed by atoms with Crippen molar-refractivity contribution in [3.8, 4) is 0 Å². The zero-order valence-corrected chi connectivity index (χ0v) is 15.0. The van der Waals surface area contributed by atoms with E-state index in [2.05, 4.69) is 18.7 Å². The van der Waals surface area contributed by atoms with Gasteiger partial charge in [0.2, 0.25) is 0 Å². The summed E-state index contributed by atoms with van der Waals surface area (Å²) in [6, 6.07) is 0. The fraction of sp³-hybridized carbons (Fsp3) is 0.857. The molecule has 4 rings (SSSR count). The molecule has 0 amide bonds. The van der Waals surface area contributed by atoms with Crippen LogP contribution in [-0.2, 0) is 0 Å². The molecule has 0 spiro atoms. The smallest absolute Gasteiger partial charge is 0.154 e. The topological polar surface area (TPSA) is 44.8 Å². The van der Waals surface area contributed by atoms with Crippen molar-refractivity contribution >= 4 is 0 Å². The highest BCUT2D eigenvalue weighted by molar-refractivity contribution is 5.26. The first-order chi connectivity index (χ1) is 11.4. The molecule has 3 nitrogen and oxygen atoms in total. The minimum Gasteiger partial charge on any atom is -0.393 e. The molecule has 8 atom stereocenters. The number of aliphatic hydroxyl groups is 2. The Labute approximate surface area is 146 Å². The van der Waals surface area contributed by atoms with E-state index in [-0.39, 0.29) is 23.0 Å². The van der Waals surface area contributed by atoms with Crippen molar-refractivity contribution < 1.29 is 10.2 Å². The van der Waals surface area contributed by atoms with Crippen molar-refractivity contribution in [2.45, 2.75) is 77.4 Å². The molecule has 4 saturated carbocycles. The minimum atomic E-state index is -0.258. The molecular formula is C21H31NO2. The molecule has 0 aliphatic heterocycles. The summed E-state index contributed by atoms with van der Waals surface area (Å²) in [5.41, 5.74) is 1.50. The van der Waals surface area contributed by atoms with Crippen LogP contribution in [0.25, 0.3) is 4.85 Å². The van der Waals surface area contributed by atoms with Gasteiger partial charge in [0.15, 0.2) is 6.20 Å². The fourth-order valence-electron chi connectivity index (χ4n) is 7.50. The number of rotatable bonds is 0. The van der Waals surface area contributed by atoms with Crippen LogP contribution in [0, 0.1) is 41.1 Å². The lowest BCUT2D eigenvalue weighted by Crippen LogP contribution is -2.58. The van der Waals surface area contributed by atoms with Crippen LogP contribution in [0.4, 0.5) is 0 Å². The zero-order chi connectivity index (χ0) is 17.1. The van der Waals surface area contributed by atoms with Crippen molar-refractivity contribution in [2.75, 3.05) is 0 Å². The highest BCUT2D eigenvalue weighted by atomic mass is 16.3. The van der Waals surface area contributed by atoms with Crippen LogP contribution in [0.1, 0.15) is 65.2 Å². The molecule has 132 valence electrons. The van der Waals surface area contributed by atoms with Gasteiger partial charge < -0.3 is 10.2 Å². The summed E-state index contributed by atoms with van der Waals surface area (Å²) in [5, 5.41) is 21.3. The predicted octanol–water partition coefficient (Wildman–Crippen LogP) is 4.16. The Kier molecular flexibility index (Phi) is 3.86. The second-order valence-corrected chi connectivity index (χ2v) is 9.52. The molecule has 0 aromatic rings. The Morgan fingerprint density at radius 2 is 1.96 bits per heavy atom. The Bertz CT molecular complexity index is 593. The average Bonchev–Trinajstić information content (AvgIpc) is 2.84. The van der Waals surface area contributed by atoms with Gasteiger partial charge in [0.1, 0.15) is 0 Å². The van der Waals surface area contributed by atoms with Gasteiger partial charge >= 0.3 is 0 Å². The number of fused-ring (bicyclic) bond motifs is 5. The van der Waals surface area contributed by atoms with E-state index < -0.39 is 0 Å². The molecule has 0 saturated heterocycles. The predicted molar refractivity (Wildman–Crippen MR) is 93.8 cm³/mol. The van der Waals surface area contributed by atoms with Gasteiger partial charge in [-0.2, -0.15) is 0 Å². The van der Waals surface area contributed by atoms with Crippen molar-refractivity contribution in [3.05, 3.63) is 23.2 Å². The van der Waals surface area contributed by atoms with Gasteiger partial charge in [-0.3, -0.25) is 0 Å². The monoisotopic (exact) mass is 329 g/mol. The molecule has 0 aromatic carbocycles. The molecule has 0 radical (unpaired) electrons. The van der Waals surface area contributed by atoms with E-state index in [0.29, 0.717) is 23.7 Å². The third-order valence-corrected chi connectivity index (χ3v) is 8.64. The first kappa shape index (κ1) is 16.6. The van der Waals surface area contributed by atoms with Crippen LogP contribution >= 0.6 is 0 Å². The van der Waals surface area contributed by atoms with E-state index in [1.165, 1.54) is 24.8 Å². The van der Waals surface area contributed by atoms with Crippen molar-refractivity contribution in [1.82, 2.24) is 0 Å². The number of hydrogen-bond donors (Lipinski definition) is 2. The molecule has 24 heavy (non-hydrogen) atoms. The summed E-state index contributed by atoms with van der Waals surface area (Å²) in [5.74, 6) is 2.17.